The van der Waals surface area contributed by atoms with Gasteiger partial charge in [-0.25, -0.2) is 4.98 Å². The van der Waals surface area contributed by atoms with Gasteiger partial charge in [0.05, 0.1) is 5.69 Å². The Balaban J connectivity index is 1.88. The maximum Gasteiger partial charge on any atom is 0.183 e. The Morgan fingerprint density at radius 1 is 1.50 bits per heavy atom. The average Bonchev–Trinajstić information content (AvgIpc) is 2.79. The second-order valence-electron chi connectivity index (χ2n) is 4.02. The van der Waals surface area contributed by atoms with Crippen molar-refractivity contribution in [2.24, 2.45) is 0 Å². The van der Waals surface area contributed by atoms with Crippen molar-refractivity contribution in [2.45, 2.75) is 51.5 Å². The van der Waals surface area contributed by atoms with Crippen LogP contribution in [0.1, 0.15) is 44.7 Å². The first-order chi connectivity index (χ1) is 6.88. The minimum absolute atomic E-state index is 0.690. The Kier molecular flexibility index (Phi) is 3.40. The Bertz CT molecular complexity index is 277. The number of anilines is 1. The molecule has 0 atom stereocenters. The second kappa shape index (κ2) is 4.78. The molecule has 3 heteroatoms. The van der Waals surface area contributed by atoms with Gasteiger partial charge in [0.1, 0.15) is 0 Å². The zero-order valence-electron chi connectivity index (χ0n) is 8.75. The molecule has 1 N–H and O–H groups in total. The Morgan fingerprint density at radius 3 is 3.00 bits per heavy atom. The normalized spacial score (nSPS) is 17.5. The van der Waals surface area contributed by atoms with Crippen LogP contribution in [0.4, 0.5) is 5.13 Å². The summed E-state index contributed by atoms with van der Waals surface area (Å²) >= 11 is 1.75. The summed E-state index contributed by atoms with van der Waals surface area (Å²) < 4.78 is 0. The molecule has 1 aromatic rings. The topological polar surface area (TPSA) is 24.9 Å². The highest BCUT2D eigenvalue weighted by Crippen LogP contribution is 2.24. The van der Waals surface area contributed by atoms with Crippen LogP contribution in [-0.2, 0) is 6.42 Å². The summed E-state index contributed by atoms with van der Waals surface area (Å²) in [6, 6.07) is 0.690. The molecule has 1 saturated carbocycles. The van der Waals surface area contributed by atoms with Crippen molar-refractivity contribution in [3.8, 4) is 0 Å². The Hall–Kier alpha value is -0.570. The molecule has 0 spiro atoms. The third-order valence-electron chi connectivity index (χ3n) is 2.74. The fourth-order valence-corrected chi connectivity index (χ4v) is 2.81. The van der Waals surface area contributed by atoms with Crippen molar-refractivity contribution in [1.29, 1.82) is 0 Å². The molecule has 2 rings (SSSR count). The molecule has 0 radical (unpaired) electrons. The lowest BCUT2D eigenvalue weighted by Gasteiger charge is -2.09. The van der Waals surface area contributed by atoms with E-state index in [9.17, 15) is 0 Å². The summed E-state index contributed by atoms with van der Waals surface area (Å²) in [4.78, 5) is 4.57. The van der Waals surface area contributed by atoms with Gasteiger partial charge in [-0.2, -0.15) is 0 Å². The number of aromatic nitrogens is 1. The van der Waals surface area contributed by atoms with Gasteiger partial charge >= 0.3 is 0 Å². The van der Waals surface area contributed by atoms with Crippen LogP contribution in [0.5, 0.6) is 0 Å². The van der Waals surface area contributed by atoms with Crippen molar-refractivity contribution in [3.05, 3.63) is 11.1 Å². The van der Waals surface area contributed by atoms with Crippen molar-refractivity contribution >= 4 is 16.5 Å². The van der Waals surface area contributed by atoms with Crippen molar-refractivity contribution in [2.75, 3.05) is 5.32 Å². The smallest absolute Gasteiger partial charge is 0.183 e. The van der Waals surface area contributed by atoms with Gasteiger partial charge in [0.25, 0.3) is 0 Å². The van der Waals surface area contributed by atoms with E-state index in [1.807, 2.05) is 0 Å². The predicted octanol–water partition coefficient (Wildman–Crippen LogP) is 3.45. The van der Waals surface area contributed by atoms with Crippen LogP contribution in [-0.4, -0.2) is 11.0 Å². The van der Waals surface area contributed by atoms with Crippen LogP contribution in [0.3, 0.4) is 0 Å². The number of nitrogens with one attached hydrogen (secondary N) is 1. The highest BCUT2D eigenvalue weighted by molar-refractivity contribution is 7.13. The monoisotopic (exact) mass is 210 g/mol. The molecule has 0 saturated heterocycles. The maximum atomic E-state index is 4.57. The zero-order chi connectivity index (χ0) is 9.80. The molecule has 0 bridgehead atoms. The van der Waals surface area contributed by atoms with Crippen LogP contribution in [0.15, 0.2) is 5.38 Å². The summed E-state index contributed by atoms with van der Waals surface area (Å²) in [5, 5.41) is 6.83. The minimum Gasteiger partial charge on any atom is -0.359 e. The van der Waals surface area contributed by atoms with E-state index in [1.165, 1.54) is 37.8 Å². The largest absolute Gasteiger partial charge is 0.359 e. The molecule has 0 amide bonds. The third kappa shape index (κ3) is 2.47. The van der Waals surface area contributed by atoms with Crippen molar-refractivity contribution < 1.29 is 0 Å². The number of thiazole rings is 1. The molecule has 14 heavy (non-hydrogen) atoms. The van der Waals surface area contributed by atoms with Crippen LogP contribution in [0, 0.1) is 0 Å². The summed E-state index contributed by atoms with van der Waals surface area (Å²) in [5.74, 6) is 0. The van der Waals surface area contributed by atoms with Crippen LogP contribution in [0.2, 0.25) is 0 Å². The first-order valence-electron chi connectivity index (χ1n) is 5.59. The molecule has 1 aliphatic rings. The Morgan fingerprint density at radius 2 is 2.29 bits per heavy atom. The SMILES string of the molecule is CCCc1csc(NC2CCCC2)n1. The molecule has 78 valence electrons. The van der Waals surface area contributed by atoms with Gasteiger partial charge < -0.3 is 5.32 Å². The number of aryl methyl sites for hydroxylation is 1. The lowest BCUT2D eigenvalue weighted by atomic mass is 10.3. The van der Waals surface area contributed by atoms with E-state index in [4.69, 9.17) is 0 Å². The molecule has 1 heterocycles. The highest BCUT2D eigenvalue weighted by Gasteiger charge is 2.15. The molecular weight excluding hydrogens is 192 g/mol. The van der Waals surface area contributed by atoms with E-state index in [-0.39, 0.29) is 0 Å². The number of hydrogen-bond acceptors (Lipinski definition) is 3. The van der Waals surface area contributed by atoms with Gasteiger partial charge in [-0.15, -0.1) is 11.3 Å². The quantitative estimate of drug-likeness (QED) is 0.823. The molecule has 1 fully saturated rings. The van der Waals surface area contributed by atoms with Gasteiger partial charge in [-0.05, 0) is 19.3 Å². The van der Waals surface area contributed by atoms with E-state index in [0.29, 0.717) is 6.04 Å². The third-order valence-corrected chi connectivity index (χ3v) is 3.56. The summed E-state index contributed by atoms with van der Waals surface area (Å²) in [6.07, 6.45) is 7.70. The average molecular weight is 210 g/mol. The lowest BCUT2D eigenvalue weighted by Crippen LogP contribution is -2.14. The van der Waals surface area contributed by atoms with E-state index < -0.39 is 0 Å². The number of rotatable bonds is 4. The molecule has 0 aromatic carbocycles. The van der Waals surface area contributed by atoms with Gasteiger partial charge in [-0.3, -0.25) is 0 Å². The van der Waals surface area contributed by atoms with Crippen LogP contribution >= 0.6 is 11.3 Å². The fourth-order valence-electron chi connectivity index (χ4n) is 1.99. The van der Waals surface area contributed by atoms with Crippen LogP contribution < -0.4 is 5.32 Å². The van der Waals surface area contributed by atoms with Gasteiger partial charge in [-0.1, -0.05) is 26.2 Å². The van der Waals surface area contributed by atoms with Gasteiger partial charge in [0, 0.05) is 11.4 Å². The highest BCUT2D eigenvalue weighted by atomic mass is 32.1. The minimum atomic E-state index is 0.690. The molecular formula is C11H18N2S. The van der Waals surface area contributed by atoms with E-state index >= 15 is 0 Å². The maximum absolute atomic E-state index is 4.57. The molecule has 0 aliphatic heterocycles. The van der Waals surface area contributed by atoms with Crippen molar-refractivity contribution in [1.82, 2.24) is 4.98 Å². The van der Waals surface area contributed by atoms with E-state index in [0.717, 1.165) is 11.6 Å². The number of nitrogens with zero attached hydrogens (tertiary/aromatic N) is 1. The zero-order valence-corrected chi connectivity index (χ0v) is 9.57. The molecule has 2 nitrogen and oxygen atoms in total. The molecule has 1 aliphatic carbocycles. The number of hydrogen-bond donors (Lipinski definition) is 1. The van der Waals surface area contributed by atoms with Gasteiger partial charge in [0.15, 0.2) is 5.13 Å². The fraction of sp³-hybridized carbons (Fsp3) is 0.727. The first-order valence-corrected chi connectivity index (χ1v) is 6.47. The summed E-state index contributed by atoms with van der Waals surface area (Å²) in [5.41, 5.74) is 1.25. The second-order valence-corrected chi connectivity index (χ2v) is 4.88. The lowest BCUT2D eigenvalue weighted by molar-refractivity contribution is 0.752. The van der Waals surface area contributed by atoms with Gasteiger partial charge in [0.2, 0.25) is 0 Å². The van der Waals surface area contributed by atoms with Crippen LogP contribution in [0.25, 0.3) is 0 Å². The first kappa shape index (κ1) is 9.97. The Labute approximate surface area is 89.8 Å². The van der Waals surface area contributed by atoms with E-state index in [1.54, 1.807) is 11.3 Å². The molecule has 1 aromatic heterocycles. The predicted molar refractivity (Wildman–Crippen MR) is 62.0 cm³/mol. The summed E-state index contributed by atoms with van der Waals surface area (Å²) in [6.45, 7) is 2.20. The molecule has 0 unspecified atom stereocenters. The standard InChI is InChI=1S/C11H18N2S/c1-2-5-10-8-14-11(13-10)12-9-6-3-4-7-9/h8-9H,2-7H2,1H3,(H,12,13). The van der Waals surface area contributed by atoms with E-state index in [2.05, 4.69) is 22.6 Å². The van der Waals surface area contributed by atoms with Crippen molar-refractivity contribution in [3.63, 3.8) is 0 Å². The summed E-state index contributed by atoms with van der Waals surface area (Å²) in [7, 11) is 0.